The molecule has 108 valence electrons. The number of unbranched alkanes of at least 4 members (excludes halogenated alkanes) is 1. The summed E-state index contributed by atoms with van der Waals surface area (Å²) in [4.78, 5) is 17.2. The second-order valence-corrected chi connectivity index (χ2v) is 5.64. The maximum atomic E-state index is 10.5. The lowest BCUT2D eigenvalue weighted by molar-refractivity contribution is 0.318. The van der Waals surface area contributed by atoms with Gasteiger partial charge < -0.3 is 14.9 Å². The van der Waals surface area contributed by atoms with Crippen molar-refractivity contribution in [3.63, 3.8) is 0 Å². The Kier molecular flexibility index (Phi) is 9.44. The predicted octanol–water partition coefficient (Wildman–Crippen LogP) is 3.01. The number of hydrogen-bond acceptors (Lipinski definition) is 2. The van der Waals surface area contributed by atoms with Crippen molar-refractivity contribution in [2.24, 2.45) is 0 Å². The third-order valence-corrected chi connectivity index (χ3v) is 2.86. The number of hydrogen-bond donors (Lipinski definition) is 3. The van der Waals surface area contributed by atoms with Crippen LogP contribution in [0.4, 0.5) is 0 Å². The molecule has 0 fully saturated rings. The van der Waals surface area contributed by atoms with Gasteiger partial charge >= 0.3 is 7.60 Å². The van der Waals surface area contributed by atoms with E-state index in [-0.39, 0.29) is 6.61 Å². The summed E-state index contributed by atoms with van der Waals surface area (Å²) in [5, 5.41) is 7.57. The zero-order chi connectivity index (χ0) is 14.7. The van der Waals surface area contributed by atoms with Crippen LogP contribution in [0.15, 0.2) is 36.2 Å². The first-order valence-electron chi connectivity index (χ1n) is 6.28. The van der Waals surface area contributed by atoms with E-state index in [1.54, 1.807) is 13.0 Å². The highest BCUT2D eigenvalue weighted by Crippen LogP contribution is 2.36. The topological polar surface area (TPSA) is 77.8 Å². The van der Waals surface area contributed by atoms with Gasteiger partial charge in [-0.25, -0.2) is 0 Å². The molecule has 0 bridgehead atoms. The minimum atomic E-state index is -3.96. The van der Waals surface area contributed by atoms with Crippen molar-refractivity contribution < 1.29 is 19.5 Å². The van der Waals surface area contributed by atoms with Crippen molar-refractivity contribution in [3.8, 4) is 0 Å². The van der Waals surface area contributed by atoms with Crippen LogP contribution >= 0.6 is 7.60 Å². The van der Waals surface area contributed by atoms with Crippen LogP contribution in [0.5, 0.6) is 0 Å². The molecule has 0 aromatic heterocycles. The molecular weight excluding hydrogens is 263 g/mol. The predicted molar refractivity (Wildman–Crippen MR) is 78.1 cm³/mol. The summed E-state index contributed by atoms with van der Waals surface area (Å²) in [5.41, 5.74) is 2.50. The number of rotatable bonds is 5. The molecule has 0 aliphatic rings. The molecular formula is C14H23O4P. The second-order valence-electron chi connectivity index (χ2n) is 4.17. The minimum Gasteiger partial charge on any atom is -0.397 e. The van der Waals surface area contributed by atoms with Gasteiger partial charge in [-0.05, 0) is 38.7 Å². The average molecular weight is 286 g/mol. The molecule has 0 radical (unpaired) electrons. The highest BCUT2D eigenvalue weighted by Gasteiger charge is 2.04. The highest BCUT2D eigenvalue weighted by molar-refractivity contribution is 7.55. The van der Waals surface area contributed by atoms with E-state index in [0.717, 1.165) is 18.7 Å². The van der Waals surface area contributed by atoms with Crippen molar-refractivity contribution in [3.05, 3.63) is 47.3 Å². The Balaban J connectivity index is 0.000000982. The lowest BCUT2D eigenvalue weighted by atomic mass is 10.1. The standard InChI is InChI=1S/C12H17O3P.C2H6O/c1-11-6-8-12(9-7-11)5-3-2-4-10-16(13,14)15;1-2-3/h4,6-10H,2-3,5H2,1H3,(H2,13,14,15);3H,2H2,1H3/b10-4+;. The van der Waals surface area contributed by atoms with Crippen LogP contribution in [0.2, 0.25) is 0 Å². The summed E-state index contributed by atoms with van der Waals surface area (Å²) < 4.78 is 10.5. The van der Waals surface area contributed by atoms with E-state index in [2.05, 4.69) is 24.3 Å². The Bertz CT molecular complexity index is 406. The van der Waals surface area contributed by atoms with Crippen LogP contribution in [0.3, 0.4) is 0 Å². The first-order chi connectivity index (χ1) is 8.89. The molecule has 5 heteroatoms. The van der Waals surface area contributed by atoms with E-state index in [1.165, 1.54) is 11.1 Å². The van der Waals surface area contributed by atoms with Gasteiger partial charge in [0.05, 0.1) is 0 Å². The first kappa shape index (κ1) is 18.1. The fourth-order valence-electron chi connectivity index (χ4n) is 1.39. The van der Waals surface area contributed by atoms with E-state index >= 15 is 0 Å². The molecule has 4 nitrogen and oxygen atoms in total. The Morgan fingerprint density at radius 1 is 1.21 bits per heavy atom. The normalized spacial score (nSPS) is 11.2. The third-order valence-electron chi connectivity index (χ3n) is 2.26. The molecule has 1 rings (SSSR count). The smallest absolute Gasteiger partial charge is 0.348 e. The van der Waals surface area contributed by atoms with E-state index < -0.39 is 7.60 Å². The van der Waals surface area contributed by atoms with Crippen molar-refractivity contribution >= 4 is 7.60 Å². The van der Waals surface area contributed by atoms with Crippen LogP contribution in [-0.4, -0.2) is 21.5 Å². The lowest BCUT2D eigenvalue weighted by Crippen LogP contribution is -1.84. The van der Waals surface area contributed by atoms with Gasteiger partial charge in [0.2, 0.25) is 0 Å². The lowest BCUT2D eigenvalue weighted by Gasteiger charge is -2.00. The summed E-state index contributed by atoms with van der Waals surface area (Å²) in [5.74, 6) is 0.974. The van der Waals surface area contributed by atoms with Crippen LogP contribution < -0.4 is 0 Å². The molecule has 0 spiro atoms. The Morgan fingerprint density at radius 2 is 1.74 bits per heavy atom. The fraction of sp³-hybridized carbons (Fsp3) is 0.429. The van der Waals surface area contributed by atoms with Gasteiger partial charge in [0.1, 0.15) is 0 Å². The largest absolute Gasteiger partial charge is 0.397 e. The van der Waals surface area contributed by atoms with Crippen molar-refractivity contribution in [1.82, 2.24) is 0 Å². The maximum Gasteiger partial charge on any atom is 0.348 e. The molecule has 0 aliphatic heterocycles. The second kappa shape index (κ2) is 9.93. The quantitative estimate of drug-likeness (QED) is 0.574. The number of aryl methyl sites for hydroxylation is 2. The van der Waals surface area contributed by atoms with E-state index in [0.29, 0.717) is 6.42 Å². The monoisotopic (exact) mass is 286 g/mol. The Hall–Kier alpha value is -0.930. The van der Waals surface area contributed by atoms with Crippen LogP contribution in [0, 0.1) is 6.92 Å². The number of allylic oxidation sites excluding steroid dienone is 1. The summed E-state index contributed by atoms with van der Waals surface area (Å²) >= 11 is 0. The molecule has 0 saturated heterocycles. The summed E-state index contributed by atoms with van der Waals surface area (Å²) in [6, 6.07) is 8.31. The van der Waals surface area contributed by atoms with Crippen LogP contribution in [-0.2, 0) is 11.0 Å². The van der Waals surface area contributed by atoms with Crippen LogP contribution in [0.1, 0.15) is 30.9 Å². The van der Waals surface area contributed by atoms with Crippen molar-refractivity contribution in [1.29, 1.82) is 0 Å². The van der Waals surface area contributed by atoms with E-state index in [1.807, 2.05) is 6.92 Å². The van der Waals surface area contributed by atoms with Gasteiger partial charge in [0.25, 0.3) is 0 Å². The van der Waals surface area contributed by atoms with Gasteiger partial charge in [-0.15, -0.1) is 0 Å². The third kappa shape index (κ3) is 11.9. The summed E-state index contributed by atoms with van der Waals surface area (Å²) in [7, 11) is -3.96. The SMILES string of the molecule is CCO.Cc1ccc(CCC/C=C/P(=O)(O)O)cc1. The van der Waals surface area contributed by atoms with E-state index in [9.17, 15) is 4.57 Å². The molecule has 0 aliphatic carbocycles. The fourth-order valence-corrected chi connectivity index (χ4v) is 1.81. The molecule has 1 aromatic carbocycles. The molecule has 0 atom stereocenters. The average Bonchev–Trinajstić information content (AvgIpc) is 2.31. The van der Waals surface area contributed by atoms with Gasteiger partial charge in [-0.2, -0.15) is 0 Å². The van der Waals surface area contributed by atoms with Crippen molar-refractivity contribution in [2.75, 3.05) is 6.61 Å². The van der Waals surface area contributed by atoms with Gasteiger partial charge in [-0.3, -0.25) is 4.57 Å². The first-order valence-corrected chi connectivity index (χ1v) is 7.96. The summed E-state index contributed by atoms with van der Waals surface area (Å²) in [6.07, 6.45) is 4.08. The van der Waals surface area contributed by atoms with Crippen LogP contribution in [0.25, 0.3) is 0 Å². The molecule has 0 amide bonds. The molecule has 19 heavy (non-hydrogen) atoms. The van der Waals surface area contributed by atoms with Crippen molar-refractivity contribution in [2.45, 2.75) is 33.1 Å². The Morgan fingerprint density at radius 3 is 2.21 bits per heavy atom. The summed E-state index contributed by atoms with van der Waals surface area (Å²) in [6.45, 7) is 3.98. The highest BCUT2D eigenvalue weighted by atomic mass is 31.2. The molecule has 1 aromatic rings. The molecule has 0 heterocycles. The number of aliphatic hydroxyl groups is 1. The minimum absolute atomic E-state index is 0.250. The Labute approximate surface area is 115 Å². The number of aliphatic hydroxyl groups excluding tert-OH is 1. The van der Waals surface area contributed by atoms with Gasteiger partial charge in [0, 0.05) is 12.4 Å². The zero-order valence-corrected chi connectivity index (χ0v) is 12.4. The van der Waals surface area contributed by atoms with Gasteiger partial charge in [0.15, 0.2) is 0 Å². The zero-order valence-electron chi connectivity index (χ0n) is 11.5. The molecule has 0 saturated carbocycles. The number of benzene rings is 1. The van der Waals surface area contributed by atoms with Gasteiger partial charge in [-0.1, -0.05) is 35.9 Å². The molecule has 3 N–H and O–H groups in total. The maximum absolute atomic E-state index is 10.5. The van der Waals surface area contributed by atoms with E-state index in [4.69, 9.17) is 14.9 Å². The molecule has 0 unspecified atom stereocenters.